The van der Waals surface area contributed by atoms with Crippen LogP contribution >= 0.6 is 0 Å². The maximum Gasteiger partial charge on any atom is 0.224 e. The van der Waals surface area contributed by atoms with Crippen molar-refractivity contribution in [1.29, 1.82) is 0 Å². The molecule has 1 amide bonds. The Morgan fingerprint density at radius 1 is 1.39 bits per heavy atom. The normalized spacial score (nSPS) is 29.4. The number of carbonyl (C=O) groups excluding carboxylic acids is 1. The molecule has 2 aliphatic rings. The second kappa shape index (κ2) is 7.10. The first-order valence-electron chi connectivity index (χ1n) is 7.47. The molecule has 2 unspecified atom stereocenters. The molecule has 2 rings (SSSR count). The lowest BCUT2D eigenvalue weighted by Crippen LogP contribution is -2.42. The minimum absolute atomic E-state index is 0.216. The van der Waals surface area contributed by atoms with Gasteiger partial charge in [0.25, 0.3) is 0 Å². The fourth-order valence-electron chi connectivity index (χ4n) is 3.24. The lowest BCUT2D eigenvalue weighted by atomic mass is 9.97. The van der Waals surface area contributed by atoms with Gasteiger partial charge in [0.05, 0.1) is 5.92 Å². The topological polar surface area (TPSA) is 44.4 Å². The molecule has 2 aliphatic heterocycles. The van der Waals surface area contributed by atoms with Gasteiger partial charge in [0.2, 0.25) is 5.91 Å². The third-order valence-electron chi connectivity index (χ3n) is 4.31. The Morgan fingerprint density at radius 3 is 3.00 bits per heavy atom. The van der Waals surface area contributed by atoms with E-state index < -0.39 is 0 Å². The number of nitrogens with one attached hydrogen (secondary N) is 2. The Labute approximate surface area is 110 Å². The van der Waals surface area contributed by atoms with E-state index in [4.69, 9.17) is 0 Å². The first-order chi connectivity index (χ1) is 8.79. The second-order valence-electron chi connectivity index (χ2n) is 5.69. The molecule has 104 valence electrons. The summed E-state index contributed by atoms with van der Waals surface area (Å²) in [5, 5.41) is 6.33. The van der Waals surface area contributed by atoms with Crippen LogP contribution in [0.4, 0.5) is 0 Å². The van der Waals surface area contributed by atoms with Gasteiger partial charge >= 0.3 is 0 Å². The fraction of sp³-hybridized carbons (Fsp3) is 0.929. The van der Waals surface area contributed by atoms with Crippen LogP contribution in [0.15, 0.2) is 0 Å². The quantitative estimate of drug-likeness (QED) is 0.767. The highest BCUT2D eigenvalue weighted by molar-refractivity contribution is 5.78. The Morgan fingerprint density at radius 2 is 2.28 bits per heavy atom. The van der Waals surface area contributed by atoms with Gasteiger partial charge in [-0.3, -0.25) is 4.79 Å². The summed E-state index contributed by atoms with van der Waals surface area (Å²) < 4.78 is 0. The molecule has 18 heavy (non-hydrogen) atoms. The van der Waals surface area contributed by atoms with E-state index in [1.165, 1.54) is 45.2 Å². The van der Waals surface area contributed by atoms with E-state index in [2.05, 4.69) is 15.5 Å². The van der Waals surface area contributed by atoms with Gasteiger partial charge in [0.1, 0.15) is 0 Å². The maximum absolute atomic E-state index is 11.6. The standard InChI is InChI=1S/C14H27N3O/c1-15-14(18)12-5-3-9-17(11-12)10-4-7-13-6-2-8-16-13/h12-13,16H,2-11H2,1H3,(H,15,18). The largest absolute Gasteiger partial charge is 0.359 e. The molecular weight excluding hydrogens is 226 g/mol. The summed E-state index contributed by atoms with van der Waals surface area (Å²) in [4.78, 5) is 14.1. The summed E-state index contributed by atoms with van der Waals surface area (Å²) in [6.45, 7) is 4.49. The number of hydrogen-bond donors (Lipinski definition) is 2. The number of carbonyl (C=O) groups is 1. The molecule has 2 saturated heterocycles. The van der Waals surface area contributed by atoms with Crippen molar-refractivity contribution in [3.63, 3.8) is 0 Å². The molecule has 0 saturated carbocycles. The highest BCUT2D eigenvalue weighted by Gasteiger charge is 2.24. The fourth-order valence-corrected chi connectivity index (χ4v) is 3.24. The van der Waals surface area contributed by atoms with E-state index in [1.807, 2.05) is 0 Å². The molecule has 0 aliphatic carbocycles. The molecule has 2 heterocycles. The van der Waals surface area contributed by atoms with Gasteiger partial charge in [-0.15, -0.1) is 0 Å². The third kappa shape index (κ3) is 3.95. The predicted molar refractivity (Wildman–Crippen MR) is 73.5 cm³/mol. The molecule has 0 aromatic carbocycles. The molecule has 0 radical (unpaired) electrons. The molecular formula is C14H27N3O. The van der Waals surface area contributed by atoms with Crippen molar-refractivity contribution < 1.29 is 4.79 Å². The van der Waals surface area contributed by atoms with Crippen LogP contribution in [0, 0.1) is 5.92 Å². The molecule has 2 atom stereocenters. The van der Waals surface area contributed by atoms with Crippen LogP contribution in [0.1, 0.15) is 38.5 Å². The minimum Gasteiger partial charge on any atom is -0.359 e. The van der Waals surface area contributed by atoms with Gasteiger partial charge in [-0.05, 0) is 58.2 Å². The van der Waals surface area contributed by atoms with Gasteiger partial charge in [-0.2, -0.15) is 0 Å². The van der Waals surface area contributed by atoms with Crippen molar-refractivity contribution >= 4 is 5.91 Å². The average molecular weight is 253 g/mol. The Kier molecular flexibility index (Phi) is 5.45. The number of likely N-dealkylation sites (tertiary alicyclic amines) is 1. The number of hydrogen-bond acceptors (Lipinski definition) is 3. The number of amides is 1. The monoisotopic (exact) mass is 253 g/mol. The van der Waals surface area contributed by atoms with Crippen LogP contribution in [0.2, 0.25) is 0 Å². The van der Waals surface area contributed by atoms with Crippen LogP contribution in [0.5, 0.6) is 0 Å². The SMILES string of the molecule is CNC(=O)C1CCCN(CCCC2CCCN2)C1. The van der Waals surface area contributed by atoms with Gasteiger partial charge in [0.15, 0.2) is 0 Å². The average Bonchev–Trinajstić information content (AvgIpc) is 2.91. The molecule has 0 aromatic rings. The molecule has 0 aromatic heterocycles. The van der Waals surface area contributed by atoms with Crippen molar-refractivity contribution in [2.45, 2.75) is 44.6 Å². The smallest absolute Gasteiger partial charge is 0.224 e. The van der Waals surface area contributed by atoms with E-state index in [1.54, 1.807) is 7.05 Å². The Balaban J connectivity index is 1.64. The van der Waals surface area contributed by atoms with E-state index >= 15 is 0 Å². The van der Waals surface area contributed by atoms with Gasteiger partial charge in [0, 0.05) is 19.6 Å². The zero-order valence-electron chi connectivity index (χ0n) is 11.6. The summed E-state index contributed by atoms with van der Waals surface area (Å²) in [6, 6.07) is 0.754. The van der Waals surface area contributed by atoms with E-state index in [0.29, 0.717) is 0 Å². The minimum atomic E-state index is 0.216. The number of piperidine rings is 1. The van der Waals surface area contributed by atoms with E-state index in [0.717, 1.165) is 25.6 Å². The van der Waals surface area contributed by atoms with E-state index in [-0.39, 0.29) is 11.8 Å². The molecule has 2 fully saturated rings. The van der Waals surface area contributed by atoms with Crippen LogP contribution in [0.3, 0.4) is 0 Å². The molecule has 0 bridgehead atoms. The summed E-state index contributed by atoms with van der Waals surface area (Å²) in [5.74, 6) is 0.436. The number of rotatable bonds is 5. The first kappa shape index (κ1) is 13.8. The summed E-state index contributed by atoms with van der Waals surface area (Å²) in [6.07, 6.45) is 7.47. The predicted octanol–water partition coefficient (Wildman–Crippen LogP) is 0.977. The van der Waals surface area contributed by atoms with Gasteiger partial charge in [-0.1, -0.05) is 0 Å². The Bertz CT molecular complexity index is 264. The molecule has 4 heteroatoms. The molecule has 0 spiro atoms. The molecule has 4 nitrogen and oxygen atoms in total. The zero-order valence-corrected chi connectivity index (χ0v) is 11.6. The van der Waals surface area contributed by atoms with Crippen LogP contribution < -0.4 is 10.6 Å². The summed E-state index contributed by atoms with van der Waals surface area (Å²) >= 11 is 0. The van der Waals surface area contributed by atoms with Crippen LogP contribution in [-0.4, -0.2) is 50.1 Å². The first-order valence-corrected chi connectivity index (χ1v) is 7.47. The van der Waals surface area contributed by atoms with E-state index in [9.17, 15) is 4.79 Å². The van der Waals surface area contributed by atoms with Gasteiger partial charge < -0.3 is 15.5 Å². The van der Waals surface area contributed by atoms with Crippen LogP contribution in [-0.2, 0) is 4.79 Å². The van der Waals surface area contributed by atoms with Crippen molar-refractivity contribution in [2.75, 3.05) is 33.2 Å². The number of nitrogens with zero attached hydrogens (tertiary/aromatic N) is 1. The Hall–Kier alpha value is -0.610. The third-order valence-corrected chi connectivity index (χ3v) is 4.31. The lowest BCUT2D eigenvalue weighted by Gasteiger charge is -2.31. The second-order valence-corrected chi connectivity index (χ2v) is 5.69. The van der Waals surface area contributed by atoms with Crippen LogP contribution in [0.25, 0.3) is 0 Å². The zero-order chi connectivity index (χ0) is 12.8. The maximum atomic E-state index is 11.6. The lowest BCUT2D eigenvalue weighted by molar-refractivity contribution is -0.126. The van der Waals surface area contributed by atoms with Gasteiger partial charge in [-0.25, -0.2) is 0 Å². The van der Waals surface area contributed by atoms with Crippen molar-refractivity contribution in [3.8, 4) is 0 Å². The molecule has 2 N–H and O–H groups in total. The highest BCUT2D eigenvalue weighted by Crippen LogP contribution is 2.18. The summed E-state index contributed by atoms with van der Waals surface area (Å²) in [7, 11) is 1.74. The van der Waals surface area contributed by atoms with Crippen molar-refractivity contribution in [1.82, 2.24) is 15.5 Å². The van der Waals surface area contributed by atoms with Crippen molar-refractivity contribution in [3.05, 3.63) is 0 Å². The summed E-state index contributed by atoms with van der Waals surface area (Å²) in [5.41, 5.74) is 0. The van der Waals surface area contributed by atoms with Crippen molar-refractivity contribution in [2.24, 2.45) is 5.92 Å². The highest BCUT2D eigenvalue weighted by atomic mass is 16.1.